The number of hydrogen-bond acceptors (Lipinski definition) is 5. The molecule has 0 amide bonds. The van der Waals surface area contributed by atoms with Gasteiger partial charge in [0.2, 0.25) is 0 Å². The summed E-state index contributed by atoms with van der Waals surface area (Å²) in [6, 6.07) is 5.18. The molecule has 2 saturated heterocycles. The van der Waals surface area contributed by atoms with Gasteiger partial charge in [-0.3, -0.25) is 9.88 Å². The summed E-state index contributed by atoms with van der Waals surface area (Å²) in [7, 11) is 2.24. The molecule has 6 nitrogen and oxygen atoms in total. The zero-order valence-corrected chi connectivity index (χ0v) is 11.7. The second-order valence-electron chi connectivity index (χ2n) is 5.67. The van der Waals surface area contributed by atoms with E-state index in [0.717, 1.165) is 24.8 Å². The maximum atomic E-state index is 8.65. The first-order valence-corrected chi connectivity index (χ1v) is 7.10. The smallest absolute Gasteiger partial charge is 0.188 e. The lowest BCUT2D eigenvalue weighted by Crippen LogP contribution is -2.36. The molecule has 1 aromatic rings. The summed E-state index contributed by atoms with van der Waals surface area (Å²) in [6.07, 6.45) is 5.63. The van der Waals surface area contributed by atoms with E-state index in [9.17, 15) is 0 Å². The Bertz CT molecular complexity index is 501. The highest BCUT2D eigenvalue weighted by Gasteiger charge is 2.34. The number of rotatable bonds is 2. The molecule has 3 N–H and O–H groups in total. The second-order valence-corrected chi connectivity index (χ2v) is 5.67. The lowest BCUT2D eigenvalue weighted by Gasteiger charge is -2.27. The van der Waals surface area contributed by atoms with Crippen LogP contribution in [0.25, 0.3) is 0 Å². The minimum atomic E-state index is 0.0474. The summed E-state index contributed by atoms with van der Waals surface area (Å²) in [5.74, 6) is 0.0474. The third-order valence-electron chi connectivity index (χ3n) is 4.63. The van der Waals surface area contributed by atoms with Gasteiger partial charge in [-0.1, -0.05) is 5.16 Å². The van der Waals surface area contributed by atoms with Gasteiger partial charge >= 0.3 is 0 Å². The van der Waals surface area contributed by atoms with Crippen molar-refractivity contribution in [1.29, 1.82) is 0 Å². The van der Waals surface area contributed by atoms with E-state index in [0.29, 0.717) is 11.7 Å². The summed E-state index contributed by atoms with van der Waals surface area (Å²) in [6.45, 7) is 2.12. The van der Waals surface area contributed by atoms with Gasteiger partial charge in [-0.25, -0.2) is 0 Å². The van der Waals surface area contributed by atoms with E-state index in [2.05, 4.69) is 27.0 Å². The van der Waals surface area contributed by atoms with Gasteiger partial charge in [0.1, 0.15) is 5.69 Å². The van der Waals surface area contributed by atoms with Gasteiger partial charge in [0.25, 0.3) is 0 Å². The molecule has 108 valence electrons. The molecule has 2 unspecified atom stereocenters. The highest BCUT2D eigenvalue weighted by Crippen LogP contribution is 2.30. The van der Waals surface area contributed by atoms with Crippen molar-refractivity contribution in [2.75, 3.05) is 25.0 Å². The van der Waals surface area contributed by atoms with Gasteiger partial charge < -0.3 is 15.8 Å². The molecule has 3 rings (SSSR count). The standard InChI is InChI=1S/C14H21N5O/c1-18-10-2-3-12(18)9-19(7-6-10)11-4-5-13(16-8-11)14(15)17-20/h4-5,8,10,12,20H,2-3,6-7,9H2,1H3,(H2,15,17). The monoisotopic (exact) mass is 275 g/mol. The summed E-state index contributed by atoms with van der Waals surface area (Å²) in [4.78, 5) is 9.18. The summed E-state index contributed by atoms with van der Waals surface area (Å²) in [5, 5.41) is 11.6. The number of hydrogen-bond donors (Lipinski definition) is 2. The lowest BCUT2D eigenvalue weighted by molar-refractivity contribution is 0.254. The number of nitrogens with two attached hydrogens (primary N) is 1. The average Bonchev–Trinajstić information content (AvgIpc) is 2.72. The zero-order chi connectivity index (χ0) is 14.1. The van der Waals surface area contributed by atoms with Gasteiger partial charge in [0.15, 0.2) is 5.84 Å². The minimum Gasteiger partial charge on any atom is -0.409 e. The van der Waals surface area contributed by atoms with Crippen LogP contribution in [0.4, 0.5) is 5.69 Å². The molecule has 1 aromatic heterocycles. The van der Waals surface area contributed by atoms with Gasteiger partial charge in [-0.15, -0.1) is 0 Å². The molecule has 20 heavy (non-hydrogen) atoms. The molecule has 0 radical (unpaired) electrons. The van der Waals surface area contributed by atoms with Crippen LogP contribution >= 0.6 is 0 Å². The first-order valence-electron chi connectivity index (χ1n) is 7.10. The number of fused-ring (bicyclic) bond motifs is 2. The fourth-order valence-corrected chi connectivity index (χ4v) is 3.32. The van der Waals surface area contributed by atoms with Gasteiger partial charge in [0.05, 0.1) is 11.9 Å². The van der Waals surface area contributed by atoms with Crippen molar-refractivity contribution in [3.63, 3.8) is 0 Å². The maximum absolute atomic E-state index is 8.65. The van der Waals surface area contributed by atoms with Crippen molar-refractivity contribution < 1.29 is 5.21 Å². The number of amidine groups is 1. The predicted octanol–water partition coefficient (Wildman–Crippen LogP) is 0.849. The molecule has 2 bridgehead atoms. The van der Waals surface area contributed by atoms with Gasteiger partial charge in [-0.2, -0.15) is 0 Å². The molecule has 2 atom stereocenters. The highest BCUT2D eigenvalue weighted by atomic mass is 16.4. The fraction of sp³-hybridized carbons (Fsp3) is 0.571. The first kappa shape index (κ1) is 13.2. The van der Waals surface area contributed by atoms with Gasteiger partial charge in [-0.05, 0) is 38.4 Å². The van der Waals surface area contributed by atoms with Crippen LogP contribution in [0.15, 0.2) is 23.5 Å². The van der Waals surface area contributed by atoms with E-state index in [1.807, 2.05) is 12.3 Å². The van der Waals surface area contributed by atoms with Crippen molar-refractivity contribution in [2.45, 2.75) is 31.3 Å². The SMILES string of the molecule is CN1C2CCC1CN(c1ccc(/C(N)=N/O)nc1)CC2. The molecule has 2 aliphatic rings. The number of likely N-dealkylation sites (N-methyl/N-ethyl adjacent to an activating group) is 1. The Labute approximate surface area is 118 Å². The van der Waals surface area contributed by atoms with Crippen LogP contribution in [0.2, 0.25) is 0 Å². The Morgan fingerprint density at radius 1 is 1.35 bits per heavy atom. The van der Waals surface area contributed by atoms with E-state index in [1.54, 1.807) is 6.07 Å². The quantitative estimate of drug-likeness (QED) is 0.362. The molecular weight excluding hydrogens is 254 g/mol. The molecule has 2 fully saturated rings. The number of pyridine rings is 1. The fourth-order valence-electron chi connectivity index (χ4n) is 3.32. The Morgan fingerprint density at radius 2 is 2.15 bits per heavy atom. The Morgan fingerprint density at radius 3 is 2.85 bits per heavy atom. The molecular formula is C14H21N5O. The number of anilines is 1. The number of aromatic nitrogens is 1. The Hall–Kier alpha value is -1.82. The van der Waals surface area contributed by atoms with Crippen molar-refractivity contribution in [3.05, 3.63) is 24.0 Å². The Kier molecular flexibility index (Phi) is 3.48. The number of nitrogens with zero attached hydrogens (tertiary/aromatic N) is 4. The largest absolute Gasteiger partial charge is 0.409 e. The molecule has 6 heteroatoms. The van der Waals surface area contributed by atoms with Crippen LogP contribution in [0.5, 0.6) is 0 Å². The first-order chi connectivity index (χ1) is 9.69. The third kappa shape index (κ3) is 2.31. The predicted molar refractivity (Wildman–Crippen MR) is 78.2 cm³/mol. The van der Waals surface area contributed by atoms with Crippen molar-refractivity contribution in [2.24, 2.45) is 10.9 Å². The van der Waals surface area contributed by atoms with Crippen molar-refractivity contribution in [3.8, 4) is 0 Å². The highest BCUT2D eigenvalue weighted by molar-refractivity contribution is 5.95. The second kappa shape index (κ2) is 5.28. The average molecular weight is 275 g/mol. The summed E-state index contributed by atoms with van der Waals surface area (Å²) in [5.41, 5.74) is 7.15. The van der Waals surface area contributed by atoms with Crippen LogP contribution in [0.1, 0.15) is 25.0 Å². The molecule has 0 spiro atoms. The van der Waals surface area contributed by atoms with Crippen molar-refractivity contribution in [1.82, 2.24) is 9.88 Å². The molecule has 0 aromatic carbocycles. The van der Waals surface area contributed by atoms with Crippen LogP contribution in [-0.4, -0.2) is 53.1 Å². The lowest BCUT2D eigenvalue weighted by atomic mass is 10.1. The maximum Gasteiger partial charge on any atom is 0.188 e. The van der Waals surface area contributed by atoms with Crippen LogP contribution < -0.4 is 10.6 Å². The van der Waals surface area contributed by atoms with Crippen LogP contribution in [0.3, 0.4) is 0 Å². The van der Waals surface area contributed by atoms with Gasteiger partial charge in [0, 0.05) is 25.2 Å². The van der Waals surface area contributed by atoms with Crippen LogP contribution in [0, 0.1) is 0 Å². The summed E-state index contributed by atoms with van der Waals surface area (Å²) < 4.78 is 0. The zero-order valence-electron chi connectivity index (χ0n) is 11.7. The number of oxime groups is 1. The Balaban J connectivity index is 1.76. The molecule has 0 aliphatic carbocycles. The summed E-state index contributed by atoms with van der Waals surface area (Å²) >= 11 is 0. The normalized spacial score (nSPS) is 27.6. The molecule has 3 heterocycles. The van der Waals surface area contributed by atoms with E-state index in [-0.39, 0.29) is 5.84 Å². The van der Waals surface area contributed by atoms with E-state index >= 15 is 0 Å². The van der Waals surface area contributed by atoms with E-state index in [4.69, 9.17) is 10.9 Å². The molecule has 2 aliphatic heterocycles. The minimum absolute atomic E-state index is 0.0474. The third-order valence-corrected chi connectivity index (χ3v) is 4.63. The van der Waals surface area contributed by atoms with Crippen molar-refractivity contribution >= 4 is 11.5 Å². The molecule has 0 saturated carbocycles. The topological polar surface area (TPSA) is 78.0 Å². The van der Waals surface area contributed by atoms with E-state index in [1.165, 1.54) is 19.3 Å². The van der Waals surface area contributed by atoms with E-state index < -0.39 is 0 Å². The van der Waals surface area contributed by atoms with Crippen LogP contribution in [-0.2, 0) is 0 Å².